The van der Waals surface area contributed by atoms with Crippen LogP contribution in [0, 0.1) is 10.1 Å². The van der Waals surface area contributed by atoms with Crippen molar-refractivity contribution in [3.63, 3.8) is 0 Å². The second kappa shape index (κ2) is 6.91. The van der Waals surface area contributed by atoms with E-state index in [1.54, 1.807) is 6.07 Å². The maximum Gasteiger partial charge on any atom is 0.292 e. The minimum absolute atomic E-state index is 0.00136. The minimum atomic E-state index is -0.623. The molecular formula is C18H19N3O5. The number of ether oxygens (including phenoxy) is 2. The lowest BCUT2D eigenvalue weighted by Gasteiger charge is -2.13. The average molecular weight is 357 g/mol. The summed E-state index contributed by atoms with van der Waals surface area (Å²) in [5.74, 6) is 0.724. The van der Waals surface area contributed by atoms with Crippen molar-refractivity contribution in [2.45, 2.75) is 26.4 Å². The van der Waals surface area contributed by atoms with Gasteiger partial charge in [-0.25, -0.2) is 0 Å². The van der Waals surface area contributed by atoms with Crippen LogP contribution in [0.15, 0.2) is 30.3 Å². The molecule has 0 saturated carbocycles. The lowest BCUT2D eigenvalue weighted by Crippen LogP contribution is -2.14. The topological polar surface area (TPSA) is 117 Å². The van der Waals surface area contributed by atoms with Crippen LogP contribution in [-0.2, 0) is 6.42 Å². The fourth-order valence-electron chi connectivity index (χ4n) is 2.85. The van der Waals surface area contributed by atoms with Gasteiger partial charge in [0.05, 0.1) is 17.2 Å². The number of benzene rings is 2. The highest BCUT2D eigenvalue weighted by Crippen LogP contribution is 2.38. The Kier molecular flexibility index (Phi) is 4.66. The second-order valence-corrected chi connectivity index (χ2v) is 6.01. The summed E-state index contributed by atoms with van der Waals surface area (Å²) in [4.78, 5) is 22.9. The number of carbonyl (C=O) groups is 1. The smallest absolute Gasteiger partial charge is 0.292 e. The van der Waals surface area contributed by atoms with E-state index in [0.717, 1.165) is 18.1 Å². The minimum Gasteiger partial charge on any atom is -0.492 e. The van der Waals surface area contributed by atoms with Crippen molar-refractivity contribution >= 4 is 23.0 Å². The Hall–Kier alpha value is -3.29. The molecule has 8 heteroatoms. The highest BCUT2D eigenvalue weighted by molar-refractivity contribution is 6.06. The van der Waals surface area contributed by atoms with Crippen molar-refractivity contribution in [1.29, 1.82) is 0 Å². The van der Waals surface area contributed by atoms with E-state index < -0.39 is 10.8 Å². The molecule has 0 bridgehead atoms. The van der Waals surface area contributed by atoms with Gasteiger partial charge >= 0.3 is 0 Å². The zero-order valence-electron chi connectivity index (χ0n) is 14.4. The molecule has 8 nitrogen and oxygen atoms in total. The van der Waals surface area contributed by atoms with Gasteiger partial charge in [0.15, 0.2) is 0 Å². The van der Waals surface area contributed by atoms with Gasteiger partial charge in [0.1, 0.15) is 23.3 Å². The van der Waals surface area contributed by atoms with Gasteiger partial charge < -0.3 is 20.5 Å². The van der Waals surface area contributed by atoms with Crippen molar-refractivity contribution in [2.75, 3.05) is 17.7 Å². The number of amides is 1. The number of hydrogen-bond donors (Lipinski definition) is 2. The first-order valence-corrected chi connectivity index (χ1v) is 8.20. The number of carbonyl (C=O) groups excluding carboxylic acids is 1. The molecule has 2 aromatic carbocycles. The SMILES string of the molecule is CCOc1cc2c(cc1NC(=O)c1ccc(N)c([N+](=O)[O-])c1)OC(C)C2. The van der Waals surface area contributed by atoms with E-state index in [1.807, 2.05) is 19.9 Å². The first-order chi connectivity index (χ1) is 12.4. The molecule has 1 aliphatic rings. The summed E-state index contributed by atoms with van der Waals surface area (Å²) in [5, 5.41) is 13.7. The predicted molar refractivity (Wildman–Crippen MR) is 96.9 cm³/mol. The van der Waals surface area contributed by atoms with Gasteiger partial charge in [-0.05, 0) is 32.0 Å². The van der Waals surface area contributed by atoms with Crippen molar-refractivity contribution in [2.24, 2.45) is 0 Å². The number of nitro groups is 1. The summed E-state index contributed by atoms with van der Waals surface area (Å²) in [6.07, 6.45) is 0.832. The molecule has 1 aliphatic heterocycles. The van der Waals surface area contributed by atoms with Crippen LogP contribution in [-0.4, -0.2) is 23.5 Å². The van der Waals surface area contributed by atoms with Crippen LogP contribution in [0.5, 0.6) is 11.5 Å². The van der Waals surface area contributed by atoms with Gasteiger partial charge in [0.25, 0.3) is 11.6 Å². The van der Waals surface area contributed by atoms with E-state index in [0.29, 0.717) is 23.8 Å². The monoisotopic (exact) mass is 357 g/mol. The molecule has 3 rings (SSSR count). The molecule has 0 aromatic heterocycles. The lowest BCUT2D eigenvalue weighted by molar-refractivity contribution is -0.383. The summed E-state index contributed by atoms with van der Waals surface area (Å²) >= 11 is 0. The van der Waals surface area contributed by atoms with Gasteiger partial charge in [-0.2, -0.15) is 0 Å². The lowest BCUT2D eigenvalue weighted by atomic mass is 10.1. The summed E-state index contributed by atoms with van der Waals surface area (Å²) < 4.78 is 11.3. The molecule has 2 aromatic rings. The van der Waals surface area contributed by atoms with Crippen LogP contribution in [0.25, 0.3) is 0 Å². The quantitative estimate of drug-likeness (QED) is 0.482. The van der Waals surface area contributed by atoms with Crippen molar-refractivity contribution in [3.05, 3.63) is 51.6 Å². The van der Waals surface area contributed by atoms with Crippen LogP contribution < -0.4 is 20.5 Å². The summed E-state index contributed by atoms with van der Waals surface area (Å²) in [7, 11) is 0. The largest absolute Gasteiger partial charge is 0.492 e. The first-order valence-electron chi connectivity index (χ1n) is 8.20. The number of nitrogens with two attached hydrogens (primary N) is 1. The van der Waals surface area contributed by atoms with Crippen molar-refractivity contribution < 1.29 is 19.2 Å². The fourth-order valence-corrected chi connectivity index (χ4v) is 2.85. The average Bonchev–Trinajstić information content (AvgIpc) is 2.94. The number of rotatable bonds is 5. The summed E-state index contributed by atoms with van der Waals surface area (Å²) in [6.45, 7) is 4.25. The fraction of sp³-hybridized carbons (Fsp3) is 0.278. The third-order valence-electron chi connectivity index (χ3n) is 4.04. The maximum absolute atomic E-state index is 12.6. The van der Waals surface area contributed by atoms with E-state index in [4.69, 9.17) is 15.2 Å². The van der Waals surface area contributed by atoms with E-state index >= 15 is 0 Å². The maximum atomic E-state index is 12.6. The molecule has 0 spiro atoms. The van der Waals surface area contributed by atoms with Crippen LogP contribution in [0.3, 0.4) is 0 Å². The third kappa shape index (κ3) is 3.39. The molecule has 1 amide bonds. The van der Waals surface area contributed by atoms with E-state index in [2.05, 4.69) is 5.32 Å². The Balaban J connectivity index is 1.91. The molecule has 3 N–H and O–H groups in total. The number of nitro benzene ring substituents is 1. The summed E-state index contributed by atoms with van der Waals surface area (Å²) in [5.41, 5.74) is 6.85. The molecule has 26 heavy (non-hydrogen) atoms. The second-order valence-electron chi connectivity index (χ2n) is 6.01. The van der Waals surface area contributed by atoms with Crippen molar-refractivity contribution in [3.8, 4) is 11.5 Å². The van der Waals surface area contributed by atoms with Crippen LogP contribution >= 0.6 is 0 Å². The van der Waals surface area contributed by atoms with Crippen LogP contribution in [0.1, 0.15) is 29.8 Å². The predicted octanol–water partition coefficient (Wildman–Crippen LogP) is 3.15. The van der Waals surface area contributed by atoms with E-state index in [9.17, 15) is 14.9 Å². The molecule has 1 heterocycles. The third-order valence-corrected chi connectivity index (χ3v) is 4.04. The number of anilines is 2. The van der Waals surface area contributed by atoms with E-state index in [-0.39, 0.29) is 23.0 Å². The van der Waals surface area contributed by atoms with Crippen LogP contribution in [0.2, 0.25) is 0 Å². The molecular weight excluding hydrogens is 338 g/mol. The first kappa shape index (κ1) is 17.5. The van der Waals surface area contributed by atoms with Gasteiger partial charge in [0, 0.05) is 29.7 Å². The number of nitrogens with one attached hydrogen (secondary N) is 1. The Bertz CT molecular complexity index is 881. The van der Waals surface area contributed by atoms with Gasteiger partial charge in [-0.3, -0.25) is 14.9 Å². The molecule has 0 fully saturated rings. The number of fused-ring (bicyclic) bond motifs is 1. The highest BCUT2D eigenvalue weighted by atomic mass is 16.6. The Morgan fingerprint density at radius 2 is 2.19 bits per heavy atom. The van der Waals surface area contributed by atoms with Crippen LogP contribution in [0.4, 0.5) is 17.1 Å². The number of nitrogens with zero attached hydrogens (tertiary/aromatic N) is 1. The highest BCUT2D eigenvalue weighted by Gasteiger charge is 2.23. The number of hydrogen-bond acceptors (Lipinski definition) is 6. The molecule has 136 valence electrons. The molecule has 1 atom stereocenters. The Morgan fingerprint density at radius 3 is 2.88 bits per heavy atom. The van der Waals surface area contributed by atoms with Gasteiger partial charge in [-0.15, -0.1) is 0 Å². The molecule has 1 unspecified atom stereocenters. The number of nitrogen functional groups attached to an aromatic ring is 1. The molecule has 0 aliphatic carbocycles. The molecule has 0 radical (unpaired) electrons. The molecule has 0 saturated heterocycles. The Morgan fingerprint density at radius 1 is 1.42 bits per heavy atom. The Labute approximate surface area is 150 Å². The van der Waals surface area contributed by atoms with Gasteiger partial charge in [-0.1, -0.05) is 0 Å². The summed E-state index contributed by atoms with van der Waals surface area (Å²) in [6, 6.07) is 7.49. The normalized spacial score (nSPS) is 15.1. The van der Waals surface area contributed by atoms with E-state index in [1.165, 1.54) is 12.1 Å². The van der Waals surface area contributed by atoms with Crippen molar-refractivity contribution in [1.82, 2.24) is 0 Å². The standard InChI is InChI=1S/C18H19N3O5/c1-3-25-17-8-12-6-10(2)26-16(12)9-14(17)20-18(22)11-4-5-13(19)15(7-11)21(23)24/h4-5,7-10H,3,6,19H2,1-2H3,(H,20,22). The zero-order chi connectivity index (χ0) is 18.8. The van der Waals surface area contributed by atoms with Gasteiger partial charge in [0.2, 0.25) is 0 Å². The zero-order valence-corrected chi connectivity index (χ0v) is 14.4.